The molecule has 0 spiro atoms. The van der Waals surface area contributed by atoms with Crippen molar-refractivity contribution in [2.45, 2.75) is 44.6 Å². The number of fused-ring (bicyclic) bond motifs is 1. The Kier molecular flexibility index (Phi) is 3.29. The van der Waals surface area contributed by atoms with Crippen molar-refractivity contribution in [3.8, 4) is 0 Å². The molecule has 2 aliphatic heterocycles. The lowest BCUT2D eigenvalue weighted by Gasteiger charge is -2.31. The second kappa shape index (κ2) is 4.92. The van der Waals surface area contributed by atoms with Crippen molar-refractivity contribution in [1.29, 1.82) is 0 Å². The number of piperidine rings is 1. The van der Waals surface area contributed by atoms with Crippen molar-refractivity contribution < 1.29 is 0 Å². The van der Waals surface area contributed by atoms with E-state index in [1.54, 1.807) is 0 Å². The van der Waals surface area contributed by atoms with Gasteiger partial charge in [0.15, 0.2) is 0 Å². The fraction of sp³-hybridized carbons (Fsp3) is 0.786. The lowest BCUT2D eigenvalue weighted by atomic mass is 9.96. The second-order valence-electron chi connectivity index (χ2n) is 5.71. The molecule has 4 heteroatoms. The number of rotatable bonds is 1. The summed E-state index contributed by atoms with van der Waals surface area (Å²) in [6.07, 6.45) is 7.69. The van der Waals surface area contributed by atoms with Crippen LogP contribution in [0.15, 0.2) is 0 Å². The van der Waals surface area contributed by atoms with Gasteiger partial charge in [-0.2, -0.15) is 5.10 Å². The Balaban J connectivity index is 1.96. The maximum Gasteiger partial charge on any atom is 0.127 e. The van der Waals surface area contributed by atoms with Crippen LogP contribution in [0.5, 0.6) is 0 Å². The predicted molar refractivity (Wildman–Crippen MR) is 73.9 cm³/mol. The molecule has 1 aromatic rings. The maximum absolute atomic E-state index is 4.82. The number of nitrogens with zero attached hydrogens (tertiary/aromatic N) is 3. The summed E-state index contributed by atoms with van der Waals surface area (Å²) < 4.78 is 2.05. The van der Waals surface area contributed by atoms with Crippen molar-refractivity contribution in [2.24, 2.45) is 7.05 Å². The molecule has 1 aromatic heterocycles. The van der Waals surface area contributed by atoms with Gasteiger partial charge in [0.2, 0.25) is 0 Å². The number of nitrogens with one attached hydrogen (secondary N) is 1. The largest absolute Gasteiger partial charge is 0.370 e. The first-order valence-electron chi connectivity index (χ1n) is 7.27. The van der Waals surface area contributed by atoms with E-state index in [2.05, 4.69) is 29.0 Å². The third-order valence-corrected chi connectivity index (χ3v) is 4.41. The van der Waals surface area contributed by atoms with Gasteiger partial charge < -0.3 is 5.32 Å². The normalized spacial score (nSPS) is 25.3. The Morgan fingerprint density at radius 3 is 2.89 bits per heavy atom. The van der Waals surface area contributed by atoms with Crippen LogP contribution in [-0.4, -0.2) is 34.8 Å². The SMILES string of the molecule is CN1CCCCC1c1nn(C)c2c1CCCCN2. The van der Waals surface area contributed by atoms with E-state index in [0.717, 1.165) is 6.54 Å². The summed E-state index contributed by atoms with van der Waals surface area (Å²) in [5.74, 6) is 1.27. The van der Waals surface area contributed by atoms with Crippen LogP contribution in [0.1, 0.15) is 49.4 Å². The molecule has 1 saturated heterocycles. The van der Waals surface area contributed by atoms with Crippen LogP contribution in [-0.2, 0) is 13.5 Å². The predicted octanol–water partition coefficient (Wildman–Crippen LogP) is 2.33. The van der Waals surface area contributed by atoms with Gasteiger partial charge in [0.1, 0.15) is 5.82 Å². The highest BCUT2D eigenvalue weighted by Gasteiger charge is 2.28. The van der Waals surface area contributed by atoms with Crippen LogP contribution in [0.25, 0.3) is 0 Å². The Labute approximate surface area is 109 Å². The standard InChI is InChI=1S/C14H24N4/c1-17-10-6-4-8-12(17)13-11-7-3-5-9-15-14(11)18(2)16-13/h12,15H,3-10H2,1-2H3. The number of hydrogen-bond donors (Lipinski definition) is 1. The molecule has 18 heavy (non-hydrogen) atoms. The van der Waals surface area contributed by atoms with Gasteiger partial charge in [-0.15, -0.1) is 0 Å². The van der Waals surface area contributed by atoms with Gasteiger partial charge in [0, 0.05) is 19.2 Å². The molecule has 4 nitrogen and oxygen atoms in total. The fourth-order valence-electron chi connectivity index (χ4n) is 3.38. The second-order valence-corrected chi connectivity index (χ2v) is 5.71. The molecular weight excluding hydrogens is 224 g/mol. The molecule has 0 saturated carbocycles. The zero-order valence-corrected chi connectivity index (χ0v) is 11.6. The van der Waals surface area contributed by atoms with E-state index in [1.165, 1.54) is 62.1 Å². The van der Waals surface area contributed by atoms with Crippen molar-refractivity contribution in [2.75, 3.05) is 25.5 Å². The first-order valence-corrected chi connectivity index (χ1v) is 7.27. The van der Waals surface area contributed by atoms with Gasteiger partial charge in [-0.3, -0.25) is 9.58 Å². The third-order valence-electron chi connectivity index (χ3n) is 4.41. The molecule has 0 bridgehead atoms. The molecule has 2 aliphatic rings. The summed E-state index contributed by atoms with van der Waals surface area (Å²) in [5, 5.41) is 8.37. The highest BCUT2D eigenvalue weighted by atomic mass is 15.3. The number of hydrogen-bond acceptors (Lipinski definition) is 3. The molecule has 0 amide bonds. The minimum Gasteiger partial charge on any atom is -0.370 e. The summed E-state index contributed by atoms with van der Waals surface area (Å²) in [6, 6.07) is 0.536. The van der Waals surface area contributed by atoms with E-state index in [4.69, 9.17) is 5.10 Å². The zero-order valence-electron chi connectivity index (χ0n) is 11.6. The van der Waals surface area contributed by atoms with E-state index in [9.17, 15) is 0 Å². The van der Waals surface area contributed by atoms with E-state index in [-0.39, 0.29) is 0 Å². The van der Waals surface area contributed by atoms with Gasteiger partial charge >= 0.3 is 0 Å². The minimum absolute atomic E-state index is 0.536. The average Bonchev–Trinajstić information content (AvgIpc) is 2.56. The fourth-order valence-corrected chi connectivity index (χ4v) is 3.38. The van der Waals surface area contributed by atoms with Crippen molar-refractivity contribution >= 4 is 5.82 Å². The van der Waals surface area contributed by atoms with Crippen LogP contribution in [0, 0.1) is 0 Å². The Bertz CT molecular complexity index is 424. The smallest absolute Gasteiger partial charge is 0.127 e. The van der Waals surface area contributed by atoms with E-state index >= 15 is 0 Å². The molecule has 1 fully saturated rings. The summed E-state index contributed by atoms with van der Waals surface area (Å²) >= 11 is 0. The van der Waals surface area contributed by atoms with Crippen LogP contribution in [0.2, 0.25) is 0 Å². The molecule has 3 rings (SSSR count). The molecular formula is C14H24N4. The highest BCUT2D eigenvalue weighted by molar-refractivity contribution is 5.49. The maximum atomic E-state index is 4.82. The molecule has 0 radical (unpaired) electrons. The van der Waals surface area contributed by atoms with Crippen LogP contribution >= 0.6 is 0 Å². The number of likely N-dealkylation sites (tertiary alicyclic amines) is 1. The van der Waals surface area contributed by atoms with Gasteiger partial charge in [-0.25, -0.2) is 0 Å². The van der Waals surface area contributed by atoms with Crippen molar-refractivity contribution in [3.63, 3.8) is 0 Å². The van der Waals surface area contributed by atoms with Crippen LogP contribution in [0.4, 0.5) is 5.82 Å². The van der Waals surface area contributed by atoms with Gasteiger partial charge in [0.05, 0.1) is 11.7 Å². The average molecular weight is 248 g/mol. The van der Waals surface area contributed by atoms with E-state index in [1.807, 2.05) is 0 Å². The van der Waals surface area contributed by atoms with Crippen molar-refractivity contribution in [1.82, 2.24) is 14.7 Å². The van der Waals surface area contributed by atoms with Crippen molar-refractivity contribution in [3.05, 3.63) is 11.3 Å². The molecule has 0 aliphatic carbocycles. The summed E-state index contributed by atoms with van der Waals surface area (Å²) in [5.41, 5.74) is 2.82. The lowest BCUT2D eigenvalue weighted by molar-refractivity contribution is 0.182. The number of aryl methyl sites for hydroxylation is 1. The first kappa shape index (κ1) is 12.0. The van der Waals surface area contributed by atoms with Gasteiger partial charge in [0.25, 0.3) is 0 Å². The summed E-state index contributed by atoms with van der Waals surface area (Å²) in [4.78, 5) is 2.48. The summed E-state index contributed by atoms with van der Waals surface area (Å²) in [7, 11) is 4.32. The Hall–Kier alpha value is -1.03. The molecule has 1 atom stereocenters. The van der Waals surface area contributed by atoms with Gasteiger partial charge in [-0.1, -0.05) is 6.42 Å². The molecule has 1 unspecified atom stereocenters. The quantitative estimate of drug-likeness (QED) is 0.828. The number of aromatic nitrogens is 2. The highest BCUT2D eigenvalue weighted by Crippen LogP contribution is 2.35. The lowest BCUT2D eigenvalue weighted by Crippen LogP contribution is -2.30. The Morgan fingerprint density at radius 1 is 1.17 bits per heavy atom. The molecule has 100 valence electrons. The molecule has 3 heterocycles. The Morgan fingerprint density at radius 2 is 2.06 bits per heavy atom. The topological polar surface area (TPSA) is 33.1 Å². The van der Waals surface area contributed by atoms with E-state index < -0.39 is 0 Å². The third kappa shape index (κ3) is 2.03. The first-order chi connectivity index (χ1) is 8.77. The minimum atomic E-state index is 0.536. The molecule has 0 aromatic carbocycles. The number of anilines is 1. The zero-order chi connectivity index (χ0) is 12.5. The molecule has 1 N–H and O–H groups in total. The van der Waals surface area contributed by atoms with Crippen LogP contribution < -0.4 is 5.32 Å². The van der Waals surface area contributed by atoms with E-state index in [0.29, 0.717) is 6.04 Å². The monoisotopic (exact) mass is 248 g/mol. The summed E-state index contributed by atoms with van der Waals surface area (Å²) in [6.45, 7) is 2.30. The van der Waals surface area contributed by atoms with Crippen LogP contribution in [0.3, 0.4) is 0 Å². The van der Waals surface area contributed by atoms with Gasteiger partial charge in [-0.05, 0) is 45.7 Å².